The molecule has 0 aliphatic carbocycles. The molecule has 7 heteroatoms. The Hall–Kier alpha value is -2.57. The molecule has 0 saturated heterocycles. The third kappa shape index (κ3) is 2.65. The Kier molecular flexibility index (Phi) is 3.37. The minimum Gasteiger partial charge on any atom is -0.350 e. The van der Waals surface area contributed by atoms with Gasteiger partial charge < -0.3 is 5.32 Å². The van der Waals surface area contributed by atoms with E-state index in [1.807, 2.05) is 0 Å². The van der Waals surface area contributed by atoms with E-state index in [-0.39, 0.29) is 11.4 Å². The summed E-state index contributed by atoms with van der Waals surface area (Å²) < 4.78 is 39.1. The van der Waals surface area contributed by atoms with Crippen LogP contribution in [0.15, 0.2) is 36.4 Å². The van der Waals surface area contributed by atoms with Gasteiger partial charge in [0.2, 0.25) is 5.82 Å². The van der Waals surface area contributed by atoms with Crippen LogP contribution >= 0.6 is 0 Å². The van der Waals surface area contributed by atoms with Gasteiger partial charge >= 0.3 is 5.69 Å². The van der Waals surface area contributed by atoms with Crippen LogP contribution in [0.4, 0.5) is 30.2 Å². The lowest BCUT2D eigenvalue weighted by molar-refractivity contribution is -0.386. The van der Waals surface area contributed by atoms with Crippen molar-refractivity contribution in [1.29, 1.82) is 0 Å². The lowest BCUT2D eigenvalue weighted by atomic mass is 10.2. The van der Waals surface area contributed by atoms with Crippen molar-refractivity contribution in [3.8, 4) is 0 Å². The summed E-state index contributed by atoms with van der Waals surface area (Å²) in [6.45, 7) is 0. The summed E-state index contributed by atoms with van der Waals surface area (Å²) in [6.07, 6.45) is 0. The molecule has 0 aromatic heterocycles. The highest BCUT2D eigenvalue weighted by atomic mass is 19.2. The van der Waals surface area contributed by atoms with Gasteiger partial charge in [-0.15, -0.1) is 0 Å². The molecule has 0 aliphatic rings. The number of rotatable bonds is 3. The molecule has 4 nitrogen and oxygen atoms in total. The van der Waals surface area contributed by atoms with E-state index in [1.165, 1.54) is 18.2 Å². The molecule has 0 radical (unpaired) electrons. The molecule has 2 aromatic rings. The van der Waals surface area contributed by atoms with Crippen LogP contribution in [0.3, 0.4) is 0 Å². The van der Waals surface area contributed by atoms with Gasteiger partial charge in [0, 0.05) is 11.8 Å². The van der Waals surface area contributed by atoms with Crippen LogP contribution in [0.2, 0.25) is 0 Å². The summed E-state index contributed by atoms with van der Waals surface area (Å²) >= 11 is 0. The average Bonchev–Trinajstić information content (AvgIpc) is 2.33. The monoisotopic (exact) mass is 268 g/mol. The van der Waals surface area contributed by atoms with Gasteiger partial charge in [0.15, 0.2) is 11.6 Å². The molecule has 0 fully saturated rings. The topological polar surface area (TPSA) is 55.2 Å². The third-order valence-electron chi connectivity index (χ3n) is 2.37. The molecule has 19 heavy (non-hydrogen) atoms. The lowest BCUT2D eigenvalue weighted by Gasteiger charge is -2.07. The van der Waals surface area contributed by atoms with E-state index < -0.39 is 28.1 Å². The summed E-state index contributed by atoms with van der Waals surface area (Å²) in [7, 11) is 0. The van der Waals surface area contributed by atoms with Crippen molar-refractivity contribution in [2.45, 2.75) is 0 Å². The molecule has 0 atom stereocenters. The van der Waals surface area contributed by atoms with E-state index in [2.05, 4.69) is 5.32 Å². The van der Waals surface area contributed by atoms with Gasteiger partial charge in [-0.1, -0.05) is 6.07 Å². The smallest absolute Gasteiger partial charge is 0.327 e. The minimum absolute atomic E-state index is 0.0765. The Balaban J connectivity index is 2.40. The highest BCUT2D eigenvalue weighted by molar-refractivity contribution is 5.69. The maximum absolute atomic E-state index is 13.3. The molecule has 0 amide bonds. The van der Waals surface area contributed by atoms with E-state index in [4.69, 9.17) is 0 Å². The quantitative estimate of drug-likeness (QED) is 0.681. The normalized spacial score (nSPS) is 10.3. The van der Waals surface area contributed by atoms with Gasteiger partial charge in [-0.05, 0) is 24.3 Å². The third-order valence-corrected chi connectivity index (χ3v) is 2.37. The van der Waals surface area contributed by atoms with Crippen molar-refractivity contribution in [2.24, 2.45) is 0 Å². The molecule has 0 spiro atoms. The molecular formula is C12H7F3N2O2. The summed E-state index contributed by atoms with van der Waals surface area (Å²) in [4.78, 5) is 9.85. The zero-order valence-electron chi connectivity index (χ0n) is 9.36. The number of benzene rings is 2. The Morgan fingerprint density at radius 2 is 1.74 bits per heavy atom. The largest absolute Gasteiger partial charge is 0.350 e. The molecule has 0 unspecified atom stereocenters. The van der Waals surface area contributed by atoms with E-state index in [1.54, 1.807) is 0 Å². The molecule has 98 valence electrons. The first-order chi connectivity index (χ1) is 8.99. The number of hydrogen-bond donors (Lipinski definition) is 1. The van der Waals surface area contributed by atoms with Gasteiger partial charge in [-0.3, -0.25) is 10.1 Å². The van der Waals surface area contributed by atoms with Crippen LogP contribution in [-0.4, -0.2) is 4.92 Å². The van der Waals surface area contributed by atoms with E-state index >= 15 is 0 Å². The summed E-state index contributed by atoms with van der Waals surface area (Å²) in [6, 6.07) is 6.35. The van der Waals surface area contributed by atoms with Crippen LogP contribution in [0, 0.1) is 27.6 Å². The van der Waals surface area contributed by atoms with E-state index in [0.29, 0.717) is 0 Å². The van der Waals surface area contributed by atoms with Crippen LogP contribution in [0.25, 0.3) is 0 Å². The molecule has 0 saturated carbocycles. The number of nitrogens with zero attached hydrogens (tertiary/aromatic N) is 1. The zero-order chi connectivity index (χ0) is 14.0. The second kappa shape index (κ2) is 4.97. The SMILES string of the molecule is O=[N+]([O-])c1c(F)cccc1Nc1ccc(F)c(F)c1. The second-order valence-electron chi connectivity index (χ2n) is 3.65. The summed E-state index contributed by atoms with van der Waals surface area (Å²) in [5, 5.41) is 13.2. The number of halogens is 3. The Morgan fingerprint density at radius 3 is 2.37 bits per heavy atom. The number of anilines is 2. The van der Waals surface area contributed by atoms with E-state index in [0.717, 1.165) is 18.2 Å². The molecule has 0 aliphatic heterocycles. The Morgan fingerprint density at radius 1 is 1.00 bits per heavy atom. The van der Waals surface area contributed by atoms with Gasteiger partial charge in [0.25, 0.3) is 0 Å². The van der Waals surface area contributed by atoms with Crippen molar-refractivity contribution in [1.82, 2.24) is 0 Å². The van der Waals surface area contributed by atoms with Crippen molar-refractivity contribution in [3.63, 3.8) is 0 Å². The number of nitro benzene ring substituents is 1. The zero-order valence-corrected chi connectivity index (χ0v) is 9.36. The fourth-order valence-electron chi connectivity index (χ4n) is 1.53. The summed E-state index contributed by atoms with van der Waals surface area (Å²) in [5.41, 5.74) is -0.823. The molecule has 1 N–H and O–H groups in total. The van der Waals surface area contributed by atoms with Crippen molar-refractivity contribution < 1.29 is 18.1 Å². The molecular weight excluding hydrogens is 261 g/mol. The van der Waals surface area contributed by atoms with Crippen LogP contribution < -0.4 is 5.32 Å². The standard InChI is InChI=1S/C12H7F3N2O2/c13-8-5-4-7(6-10(8)15)16-11-3-1-2-9(14)12(11)17(18)19/h1-6,16H. The molecule has 0 bridgehead atoms. The Labute approximate surface area is 105 Å². The predicted octanol–water partition coefficient (Wildman–Crippen LogP) is 3.76. The maximum atomic E-state index is 13.3. The van der Waals surface area contributed by atoms with Crippen LogP contribution in [-0.2, 0) is 0 Å². The molecule has 2 rings (SSSR count). The van der Waals surface area contributed by atoms with Crippen molar-refractivity contribution >= 4 is 17.1 Å². The molecule has 2 aromatic carbocycles. The van der Waals surface area contributed by atoms with Gasteiger partial charge in [0.1, 0.15) is 5.69 Å². The first kappa shape index (κ1) is 12.9. The highest BCUT2D eigenvalue weighted by Gasteiger charge is 2.20. The number of nitro groups is 1. The predicted molar refractivity (Wildman–Crippen MR) is 62.7 cm³/mol. The first-order valence-corrected chi connectivity index (χ1v) is 5.14. The summed E-state index contributed by atoms with van der Waals surface area (Å²) in [5.74, 6) is -3.17. The first-order valence-electron chi connectivity index (χ1n) is 5.14. The van der Waals surface area contributed by atoms with E-state index in [9.17, 15) is 23.3 Å². The fourth-order valence-corrected chi connectivity index (χ4v) is 1.53. The van der Waals surface area contributed by atoms with Crippen molar-refractivity contribution in [3.05, 3.63) is 64.0 Å². The van der Waals surface area contributed by atoms with Gasteiger partial charge in [-0.2, -0.15) is 4.39 Å². The molecule has 0 heterocycles. The van der Waals surface area contributed by atoms with Gasteiger partial charge in [0.05, 0.1) is 4.92 Å². The fraction of sp³-hybridized carbons (Fsp3) is 0. The average molecular weight is 268 g/mol. The Bertz CT molecular complexity index is 647. The maximum Gasteiger partial charge on any atom is 0.327 e. The van der Waals surface area contributed by atoms with Crippen molar-refractivity contribution in [2.75, 3.05) is 5.32 Å². The highest BCUT2D eigenvalue weighted by Crippen LogP contribution is 2.30. The number of hydrogen-bond acceptors (Lipinski definition) is 3. The number of para-hydroxylation sites is 1. The minimum atomic E-state index is -1.11. The van der Waals surface area contributed by atoms with Gasteiger partial charge in [-0.25, -0.2) is 8.78 Å². The number of nitrogens with one attached hydrogen (secondary N) is 1. The van der Waals surface area contributed by atoms with Crippen LogP contribution in [0.1, 0.15) is 0 Å². The second-order valence-corrected chi connectivity index (χ2v) is 3.65. The van der Waals surface area contributed by atoms with Crippen LogP contribution in [0.5, 0.6) is 0 Å². The lowest BCUT2D eigenvalue weighted by Crippen LogP contribution is -2.00.